The highest BCUT2D eigenvalue weighted by Gasteiger charge is 2.35. The van der Waals surface area contributed by atoms with Gasteiger partial charge in [-0.1, -0.05) is 64.7 Å². The van der Waals surface area contributed by atoms with E-state index in [-0.39, 0.29) is 6.29 Å². The molecule has 0 bridgehead atoms. The third kappa shape index (κ3) is 10.2. The summed E-state index contributed by atoms with van der Waals surface area (Å²) in [5.41, 5.74) is 0. The summed E-state index contributed by atoms with van der Waals surface area (Å²) in [5.74, 6) is -0.745. The Morgan fingerprint density at radius 1 is 0.846 bits per heavy atom. The predicted molar refractivity (Wildman–Crippen MR) is 99.6 cm³/mol. The summed E-state index contributed by atoms with van der Waals surface area (Å²) < 4.78 is 0. The normalized spacial score (nSPS) is 15.9. The van der Waals surface area contributed by atoms with Gasteiger partial charge in [0.25, 0.3) is 5.91 Å². The van der Waals surface area contributed by atoms with Crippen LogP contribution >= 0.6 is 0 Å². The number of aliphatic hydroxyl groups is 4. The van der Waals surface area contributed by atoms with Crippen LogP contribution in [-0.2, 0) is 9.59 Å². The van der Waals surface area contributed by atoms with E-state index >= 15 is 0 Å². The third-order valence-corrected chi connectivity index (χ3v) is 4.64. The molecule has 0 aromatic rings. The fraction of sp³-hybridized carbons (Fsp3) is 0.895. The van der Waals surface area contributed by atoms with Crippen LogP contribution in [0.4, 0.5) is 0 Å². The van der Waals surface area contributed by atoms with E-state index in [4.69, 9.17) is 5.11 Å². The van der Waals surface area contributed by atoms with Crippen molar-refractivity contribution in [3.8, 4) is 0 Å². The standard InChI is InChI=1S/C19H37NO6/c1-3-4-5-6-7-8-9-10-11-12-13-20(2)19(26)18(25)17(24)16(23)15(22)14-21/h14-18,22-25H,3-13H2,1-2H3/t15-,16+,17-,18-/m0/s1. The van der Waals surface area contributed by atoms with Gasteiger partial charge in [-0.05, 0) is 6.42 Å². The molecule has 7 nitrogen and oxygen atoms in total. The number of aldehydes is 1. The predicted octanol–water partition coefficient (Wildman–Crippen LogP) is 1.01. The first-order valence-corrected chi connectivity index (χ1v) is 9.79. The van der Waals surface area contributed by atoms with Crippen molar-refractivity contribution in [2.45, 2.75) is 95.5 Å². The fourth-order valence-electron chi connectivity index (χ4n) is 2.79. The topological polar surface area (TPSA) is 118 Å². The van der Waals surface area contributed by atoms with Crippen LogP contribution in [0.15, 0.2) is 0 Å². The van der Waals surface area contributed by atoms with Gasteiger partial charge in [0, 0.05) is 13.6 Å². The van der Waals surface area contributed by atoms with Crippen LogP contribution in [0.5, 0.6) is 0 Å². The molecule has 0 aromatic heterocycles. The Balaban J connectivity index is 3.89. The maximum Gasteiger partial charge on any atom is 0.253 e. The van der Waals surface area contributed by atoms with Gasteiger partial charge in [0.15, 0.2) is 12.4 Å². The van der Waals surface area contributed by atoms with Gasteiger partial charge < -0.3 is 30.1 Å². The van der Waals surface area contributed by atoms with Crippen LogP contribution in [-0.4, -0.2) is 75.5 Å². The number of carbonyl (C=O) groups excluding carboxylic acids is 2. The second-order valence-electron chi connectivity index (χ2n) is 6.99. The average molecular weight is 376 g/mol. The number of rotatable bonds is 16. The van der Waals surface area contributed by atoms with Crippen molar-refractivity contribution in [3.63, 3.8) is 0 Å². The molecule has 0 spiro atoms. The lowest BCUT2D eigenvalue weighted by atomic mass is 10.0. The smallest absolute Gasteiger partial charge is 0.253 e. The van der Waals surface area contributed by atoms with Gasteiger partial charge in [0.1, 0.15) is 18.3 Å². The minimum Gasteiger partial charge on any atom is -0.387 e. The van der Waals surface area contributed by atoms with Gasteiger partial charge in [0.05, 0.1) is 0 Å². The Morgan fingerprint density at radius 2 is 1.31 bits per heavy atom. The van der Waals surface area contributed by atoms with E-state index in [1.807, 2.05) is 0 Å². The fourth-order valence-corrected chi connectivity index (χ4v) is 2.79. The molecule has 0 unspecified atom stereocenters. The molecule has 0 heterocycles. The molecule has 26 heavy (non-hydrogen) atoms. The van der Waals surface area contributed by atoms with Crippen LogP contribution in [0.1, 0.15) is 71.1 Å². The van der Waals surface area contributed by atoms with E-state index in [0.29, 0.717) is 6.54 Å². The summed E-state index contributed by atoms with van der Waals surface area (Å²) in [7, 11) is 1.51. The molecule has 1 amide bonds. The number of unbranched alkanes of at least 4 members (excludes halogenated alkanes) is 9. The number of amides is 1. The van der Waals surface area contributed by atoms with Crippen LogP contribution in [0.25, 0.3) is 0 Å². The second kappa shape index (κ2) is 15.1. The van der Waals surface area contributed by atoms with E-state index in [2.05, 4.69) is 6.92 Å². The summed E-state index contributed by atoms with van der Waals surface area (Å²) in [4.78, 5) is 23.7. The maximum atomic E-state index is 12.0. The zero-order valence-electron chi connectivity index (χ0n) is 16.2. The number of hydrogen-bond acceptors (Lipinski definition) is 6. The third-order valence-electron chi connectivity index (χ3n) is 4.64. The Morgan fingerprint density at radius 3 is 1.77 bits per heavy atom. The molecule has 0 fully saturated rings. The number of aliphatic hydroxyl groups excluding tert-OH is 4. The summed E-state index contributed by atoms with van der Waals surface area (Å²) >= 11 is 0. The van der Waals surface area contributed by atoms with Gasteiger partial charge in [-0.25, -0.2) is 0 Å². The van der Waals surface area contributed by atoms with Crippen LogP contribution in [0.3, 0.4) is 0 Å². The Hall–Kier alpha value is -1.02. The number of hydrogen-bond donors (Lipinski definition) is 4. The van der Waals surface area contributed by atoms with Crippen molar-refractivity contribution in [2.75, 3.05) is 13.6 Å². The Bertz CT molecular complexity index is 379. The molecule has 0 saturated heterocycles. The van der Waals surface area contributed by atoms with E-state index in [1.54, 1.807) is 0 Å². The first kappa shape index (κ1) is 25.0. The van der Waals surface area contributed by atoms with Crippen LogP contribution in [0, 0.1) is 0 Å². The van der Waals surface area contributed by atoms with Crippen molar-refractivity contribution in [1.29, 1.82) is 0 Å². The van der Waals surface area contributed by atoms with Crippen molar-refractivity contribution < 1.29 is 30.0 Å². The minimum absolute atomic E-state index is 0.0403. The van der Waals surface area contributed by atoms with Crippen molar-refractivity contribution in [3.05, 3.63) is 0 Å². The highest BCUT2D eigenvalue weighted by atomic mass is 16.4. The SMILES string of the molecule is CCCCCCCCCCCCN(C)C(=O)[C@@H](O)[C@@H](O)[C@H](O)[C@@H](O)C=O. The largest absolute Gasteiger partial charge is 0.387 e. The number of likely N-dealkylation sites (N-methyl/N-ethyl adjacent to an activating group) is 1. The van der Waals surface area contributed by atoms with E-state index in [9.17, 15) is 24.9 Å². The summed E-state index contributed by atoms with van der Waals surface area (Å²) in [6.07, 6.45) is 4.25. The summed E-state index contributed by atoms with van der Waals surface area (Å²) in [6.45, 7) is 2.64. The van der Waals surface area contributed by atoms with E-state index < -0.39 is 30.3 Å². The average Bonchev–Trinajstić information content (AvgIpc) is 2.66. The number of nitrogens with zero attached hydrogens (tertiary/aromatic N) is 1. The highest BCUT2D eigenvalue weighted by Crippen LogP contribution is 2.11. The van der Waals surface area contributed by atoms with Gasteiger partial charge >= 0.3 is 0 Å². The first-order chi connectivity index (χ1) is 12.4. The van der Waals surface area contributed by atoms with Gasteiger partial charge in [-0.15, -0.1) is 0 Å². The lowest BCUT2D eigenvalue weighted by Gasteiger charge is -2.27. The molecule has 0 rings (SSSR count). The molecule has 0 aromatic carbocycles. The maximum absolute atomic E-state index is 12.0. The molecular formula is C19H37NO6. The molecule has 7 heteroatoms. The zero-order chi connectivity index (χ0) is 19.9. The van der Waals surface area contributed by atoms with E-state index in [0.717, 1.165) is 19.3 Å². The second-order valence-corrected chi connectivity index (χ2v) is 6.99. The molecule has 0 radical (unpaired) electrons. The highest BCUT2D eigenvalue weighted by molar-refractivity contribution is 5.81. The molecule has 0 aliphatic carbocycles. The quantitative estimate of drug-likeness (QED) is 0.236. The molecule has 0 saturated carbocycles. The number of carbonyl (C=O) groups is 2. The Labute approximate surface area is 157 Å². The van der Waals surface area contributed by atoms with Gasteiger partial charge in [-0.3, -0.25) is 4.79 Å². The van der Waals surface area contributed by atoms with Crippen LogP contribution < -0.4 is 0 Å². The Kier molecular flexibility index (Phi) is 14.5. The molecule has 4 atom stereocenters. The summed E-state index contributed by atoms with van der Waals surface area (Å²) in [5, 5.41) is 38.1. The molecule has 0 aliphatic heterocycles. The van der Waals surface area contributed by atoms with Crippen molar-refractivity contribution in [2.24, 2.45) is 0 Å². The van der Waals surface area contributed by atoms with Crippen molar-refractivity contribution >= 4 is 12.2 Å². The van der Waals surface area contributed by atoms with Gasteiger partial charge in [0.2, 0.25) is 0 Å². The lowest BCUT2D eigenvalue weighted by molar-refractivity contribution is -0.157. The minimum atomic E-state index is -1.92. The van der Waals surface area contributed by atoms with Crippen molar-refractivity contribution in [1.82, 2.24) is 4.90 Å². The van der Waals surface area contributed by atoms with Gasteiger partial charge in [-0.2, -0.15) is 0 Å². The first-order valence-electron chi connectivity index (χ1n) is 9.79. The van der Waals surface area contributed by atoms with E-state index in [1.165, 1.54) is 56.9 Å². The summed E-state index contributed by atoms with van der Waals surface area (Å²) in [6, 6.07) is 0. The lowest BCUT2D eigenvalue weighted by Crippen LogP contribution is -2.51. The molecular weight excluding hydrogens is 338 g/mol. The molecule has 4 N–H and O–H groups in total. The monoisotopic (exact) mass is 375 g/mol. The van der Waals surface area contributed by atoms with Crippen LogP contribution in [0.2, 0.25) is 0 Å². The zero-order valence-corrected chi connectivity index (χ0v) is 16.2. The molecule has 0 aliphatic rings. The molecule has 154 valence electrons.